The molecular weight excluding hydrogens is 350 g/mol. The van der Waals surface area contributed by atoms with Gasteiger partial charge < -0.3 is 15.5 Å². The number of nitrogens with one attached hydrogen (secondary N) is 2. The fourth-order valence-electron chi connectivity index (χ4n) is 2.96. The average Bonchev–Trinajstić information content (AvgIpc) is 2.63. The third-order valence-corrected chi connectivity index (χ3v) is 4.80. The number of nitrogens with zero attached hydrogens (tertiary/aromatic N) is 3. The summed E-state index contributed by atoms with van der Waals surface area (Å²) in [6, 6.07) is 7.04. The van der Waals surface area contributed by atoms with Crippen LogP contribution in [0.2, 0.25) is 5.02 Å². The van der Waals surface area contributed by atoms with Crippen molar-refractivity contribution >= 4 is 29.3 Å². The number of piperidine rings is 1. The van der Waals surface area contributed by atoms with Crippen LogP contribution in [0.3, 0.4) is 0 Å². The molecule has 0 spiro atoms. The molecule has 0 atom stereocenters. The van der Waals surface area contributed by atoms with Crippen LogP contribution in [0.1, 0.15) is 36.2 Å². The maximum Gasteiger partial charge on any atom is 0.319 e. The van der Waals surface area contributed by atoms with Crippen molar-refractivity contribution < 1.29 is 4.79 Å². The van der Waals surface area contributed by atoms with Gasteiger partial charge in [0.15, 0.2) is 0 Å². The lowest BCUT2D eigenvalue weighted by Crippen LogP contribution is -2.32. The molecular formula is C19H24ClN5O. The highest BCUT2D eigenvalue weighted by Gasteiger charge is 2.15. The molecule has 0 saturated carbocycles. The molecule has 0 unspecified atom stereocenters. The summed E-state index contributed by atoms with van der Waals surface area (Å²) in [6.07, 6.45) is 3.61. The van der Waals surface area contributed by atoms with Crippen LogP contribution in [0, 0.1) is 13.8 Å². The number of hydrogen-bond acceptors (Lipinski definition) is 4. The van der Waals surface area contributed by atoms with Crippen LogP contribution in [-0.4, -0.2) is 29.1 Å². The van der Waals surface area contributed by atoms with E-state index >= 15 is 0 Å². The number of halogens is 1. The molecule has 6 nitrogen and oxygen atoms in total. The summed E-state index contributed by atoms with van der Waals surface area (Å²) in [7, 11) is 0. The number of aryl methyl sites for hydroxylation is 2. The average molecular weight is 374 g/mol. The van der Waals surface area contributed by atoms with Gasteiger partial charge in [0.1, 0.15) is 0 Å². The Balaban J connectivity index is 1.60. The lowest BCUT2D eigenvalue weighted by atomic mass is 10.1. The molecule has 2 aromatic rings. The Bertz CT molecular complexity index is 789. The SMILES string of the molecule is Cc1cc(CNC(=O)Nc2ccc(C)c(Cl)c2)nc(N2CCCCC2)n1. The van der Waals surface area contributed by atoms with Gasteiger partial charge >= 0.3 is 6.03 Å². The second kappa shape index (κ2) is 8.36. The van der Waals surface area contributed by atoms with Gasteiger partial charge in [0.25, 0.3) is 0 Å². The molecule has 1 aromatic heterocycles. The van der Waals surface area contributed by atoms with Gasteiger partial charge in [0.05, 0.1) is 12.2 Å². The minimum atomic E-state index is -0.291. The van der Waals surface area contributed by atoms with Gasteiger partial charge in [-0.05, 0) is 56.9 Å². The van der Waals surface area contributed by atoms with Crippen LogP contribution in [0.4, 0.5) is 16.4 Å². The highest BCUT2D eigenvalue weighted by atomic mass is 35.5. The smallest absolute Gasteiger partial charge is 0.319 e. The van der Waals surface area contributed by atoms with Crippen molar-refractivity contribution in [2.45, 2.75) is 39.7 Å². The molecule has 1 aliphatic heterocycles. The molecule has 26 heavy (non-hydrogen) atoms. The predicted octanol–water partition coefficient (Wildman–Crippen LogP) is 4.06. The van der Waals surface area contributed by atoms with Crippen LogP contribution in [-0.2, 0) is 6.54 Å². The van der Waals surface area contributed by atoms with Gasteiger partial charge in [-0.15, -0.1) is 0 Å². The van der Waals surface area contributed by atoms with Crippen molar-refractivity contribution in [1.29, 1.82) is 0 Å². The third-order valence-electron chi connectivity index (χ3n) is 4.39. The normalized spacial score (nSPS) is 14.2. The Morgan fingerprint density at radius 3 is 2.65 bits per heavy atom. The molecule has 0 radical (unpaired) electrons. The number of urea groups is 1. The van der Waals surface area contributed by atoms with E-state index in [2.05, 4.69) is 25.5 Å². The molecule has 2 heterocycles. The number of rotatable bonds is 4. The topological polar surface area (TPSA) is 70.2 Å². The summed E-state index contributed by atoms with van der Waals surface area (Å²) in [5, 5.41) is 6.25. The molecule has 3 rings (SSSR count). The number of benzene rings is 1. The monoisotopic (exact) mass is 373 g/mol. The van der Waals surface area contributed by atoms with E-state index in [0.717, 1.165) is 36.0 Å². The Morgan fingerprint density at radius 2 is 1.92 bits per heavy atom. The molecule has 2 N–H and O–H groups in total. The first kappa shape index (κ1) is 18.5. The number of aromatic nitrogens is 2. The summed E-state index contributed by atoms with van der Waals surface area (Å²) in [5.41, 5.74) is 3.34. The molecule has 7 heteroatoms. The van der Waals surface area contributed by atoms with E-state index in [1.54, 1.807) is 6.07 Å². The fourth-order valence-corrected chi connectivity index (χ4v) is 3.14. The zero-order valence-corrected chi connectivity index (χ0v) is 15.9. The minimum absolute atomic E-state index is 0.291. The van der Waals surface area contributed by atoms with Crippen molar-refractivity contribution in [3.05, 3.63) is 46.2 Å². The lowest BCUT2D eigenvalue weighted by molar-refractivity contribution is 0.251. The minimum Gasteiger partial charge on any atom is -0.341 e. The number of hydrogen-bond donors (Lipinski definition) is 2. The van der Waals surface area contributed by atoms with E-state index in [1.807, 2.05) is 32.0 Å². The van der Waals surface area contributed by atoms with E-state index in [0.29, 0.717) is 17.3 Å². The van der Waals surface area contributed by atoms with Crippen LogP contribution in [0.5, 0.6) is 0 Å². The molecule has 1 aliphatic rings. The van der Waals surface area contributed by atoms with Gasteiger partial charge in [-0.3, -0.25) is 0 Å². The molecule has 0 aliphatic carbocycles. The largest absolute Gasteiger partial charge is 0.341 e. The summed E-state index contributed by atoms with van der Waals surface area (Å²) in [6.45, 7) is 6.20. The molecule has 138 valence electrons. The van der Waals surface area contributed by atoms with E-state index in [-0.39, 0.29) is 6.03 Å². The van der Waals surface area contributed by atoms with E-state index < -0.39 is 0 Å². The first-order valence-electron chi connectivity index (χ1n) is 8.92. The van der Waals surface area contributed by atoms with Crippen LogP contribution < -0.4 is 15.5 Å². The highest BCUT2D eigenvalue weighted by molar-refractivity contribution is 6.31. The molecule has 0 bridgehead atoms. The van der Waals surface area contributed by atoms with Crippen molar-refractivity contribution in [2.24, 2.45) is 0 Å². The Hall–Kier alpha value is -2.34. The first-order chi connectivity index (χ1) is 12.5. The maximum absolute atomic E-state index is 12.1. The summed E-state index contributed by atoms with van der Waals surface area (Å²) in [4.78, 5) is 23.5. The molecule has 1 fully saturated rings. The lowest BCUT2D eigenvalue weighted by Gasteiger charge is -2.27. The van der Waals surface area contributed by atoms with E-state index in [1.165, 1.54) is 19.3 Å². The van der Waals surface area contributed by atoms with Crippen LogP contribution >= 0.6 is 11.6 Å². The van der Waals surface area contributed by atoms with Crippen molar-refractivity contribution in [2.75, 3.05) is 23.3 Å². The summed E-state index contributed by atoms with van der Waals surface area (Å²) in [5.74, 6) is 0.757. The van der Waals surface area contributed by atoms with E-state index in [9.17, 15) is 4.79 Å². The van der Waals surface area contributed by atoms with Gasteiger partial charge in [-0.1, -0.05) is 17.7 Å². The highest BCUT2D eigenvalue weighted by Crippen LogP contribution is 2.20. The Kier molecular flexibility index (Phi) is 5.93. The Morgan fingerprint density at radius 1 is 1.15 bits per heavy atom. The van der Waals surface area contributed by atoms with Crippen molar-refractivity contribution in [3.8, 4) is 0 Å². The van der Waals surface area contributed by atoms with Gasteiger partial charge in [0, 0.05) is 29.5 Å². The predicted molar refractivity (Wildman–Crippen MR) is 105 cm³/mol. The Labute approximate surface area is 159 Å². The zero-order valence-electron chi connectivity index (χ0n) is 15.2. The third kappa shape index (κ3) is 4.85. The van der Waals surface area contributed by atoms with E-state index in [4.69, 9.17) is 11.6 Å². The molecule has 1 saturated heterocycles. The first-order valence-corrected chi connectivity index (χ1v) is 9.29. The summed E-state index contributed by atoms with van der Waals surface area (Å²) >= 11 is 6.09. The number of carbonyl (C=O) groups is 1. The zero-order chi connectivity index (χ0) is 18.5. The van der Waals surface area contributed by atoms with Gasteiger partial charge in [-0.25, -0.2) is 14.8 Å². The molecule has 1 aromatic carbocycles. The number of anilines is 2. The fraction of sp³-hybridized carbons (Fsp3) is 0.421. The number of carbonyl (C=O) groups excluding carboxylic acids is 1. The number of amides is 2. The van der Waals surface area contributed by atoms with Gasteiger partial charge in [0.2, 0.25) is 5.95 Å². The maximum atomic E-state index is 12.1. The van der Waals surface area contributed by atoms with Crippen molar-refractivity contribution in [3.63, 3.8) is 0 Å². The summed E-state index contributed by atoms with van der Waals surface area (Å²) < 4.78 is 0. The van der Waals surface area contributed by atoms with Crippen LogP contribution in [0.15, 0.2) is 24.3 Å². The molecule has 2 amide bonds. The van der Waals surface area contributed by atoms with Crippen molar-refractivity contribution in [1.82, 2.24) is 15.3 Å². The standard InChI is InChI=1S/C19H24ClN5O/c1-13-6-7-15(11-17(13)20)24-19(26)21-12-16-10-14(2)22-18(23-16)25-8-4-3-5-9-25/h6-7,10-11H,3-5,8-9,12H2,1-2H3,(H2,21,24,26). The van der Waals surface area contributed by atoms with Crippen LogP contribution in [0.25, 0.3) is 0 Å². The second-order valence-corrected chi connectivity index (χ2v) is 7.03. The quantitative estimate of drug-likeness (QED) is 0.847. The van der Waals surface area contributed by atoms with Gasteiger partial charge in [-0.2, -0.15) is 0 Å². The second-order valence-electron chi connectivity index (χ2n) is 6.62.